The molecule has 0 atom stereocenters. The topological polar surface area (TPSA) is 38.1 Å². The Morgan fingerprint density at radius 3 is 2.57 bits per heavy atom. The predicted octanol–water partition coefficient (Wildman–Crippen LogP) is 3.79. The molecular weight excluding hydrogens is 286 g/mol. The van der Waals surface area contributed by atoms with Crippen LogP contribution in [0.3, 0.4) is 0 Å². The molecule has 1 aliphatic heterocycles. The van der Waals surface area contributed by atoms with E-state index < -0.39 is 0 Å². The summed E-state index contributed by atoms with van der Waals surface area (Å²) in [5.41, 5.74) is 2.89. The zero-order valence-electron chi connectivity index (χ0n) is 13.6. The fraction of sp³-hybridized carbons (Fsp3) is 0.368. The molecule has 3 rings (SSSR count). The van der Waals surface area contributed by atoms with E-state index in [0.29, 0.717) is 0 Å². The fourth-order valence-electron chi connectivity index (χ4n) is 2.90. The van der Waals surface area contributed by atoms with Gasteiger partial charge in [-0.3, -0.25) is 9.48 Å². The molecule has 0 amide bonds. The predicted molar refractivity (Wildman–Crippen MR) is 93.8 cm³/mol. The first-order valence-corrected chi connectivity index (χ1v) is 8.36. The first-order chi connectivity index (χ1) is 11.3. The number of nitrogens with zero attached hydrogens (tertiary/aromatic N) is 3. The van der Waals surface area contributed by atoms with Gasteiger partial charge in [-0.15, -0.1) is 0 Å². The van der Waals surface area contributed by atoms with Gasteiger partial charge in [-0.05, 0) is 62.6 Å². The number of rotatable bonds is 5. The number of anilines is 1. The summed E-state index contributed by atoms with van der Waals surface area (Å²) >= 11 is 0. The third-order valence-corrected chi connectivity index (χ3v) is 4.28. The van der Waals surface area contributed by atoms with Crippen LogP contribution in [0, 0.1) is 0 Å². The van der Waals surface area contributed by atoms with Crippen molar-refractivity contribution in [3.63, 3.8) is 0 Å². The lowest BCUT2D eigenvalue weighted by Gasteiger charge is -2.28. The zero-order chi connectivity index (χ0) is 16.1. The van der Waals surface area contributed by atoms with Crippen molar-refractivity contribution in [1.82, 2.24) is 9.78 Å². The lowest BCUT2D eigenvalue weighted by molar-refractivity contribution is 0.104. The van der Waals surface area contributed by atoms with Gasteiger partial charge in [0.05, 0.1) is 6.20 Å². The Hall–Kier alpha value is -2.36. The van der Waals surface area contributed by atoms with Crippen molar-refractivity contribution < 1.29 is 4.79 Å². The normalized spacial score (nSPS) is 15.3. The second-order valence-corrected chi connectivity index (χ2v) is 5.92. The number of piperidine rings is 1. The molecule has 23 heavy (non-hydrogen) atoms. The van der Waals surface area contributed by atoms with Gasteiger partial charge in [-0.2, -0.15) is 5.10 Å². The summed E-state index contributed by atoms with van der Waals surface area (Å²) in [5.74, 6) is 0.0273. The maximum Gasteiger partial charge on any atom is 0.185 e. The van der Waals surface area contributed by atoms with E-state index in [1.807, 2.05) is 36.0 Å². The molecule has 0 spiro atoms. The summed E-state index contributed by atoms with van der Waals surface area (Å²) in [6.07, 6.45) is 11.0. The molecule has 0 radical (unpaired) electrons. The molecule has 0 bridgehead atoms. The highest BCUT2D eigenvalue weighted by Crippen LogP contribution is 2.20. The first-order valence-electron chi connectivity index (χ1n) is 8.36. The SMILES string of the molecule is CCn1cc(/C=C/C(=O)c2ccc(N3CCCCC3)cc2)cn1. The van der Waals surface area contributed by atoms with Crippen LogP contribution in [0.1, 0.15) is 42.1 Å². The lowest BCUT2D eigenvalue weighted by Crippen LogP contribution is -2.29. The van der Waals surface area contributed by atoms with E-state index in [1.165, 1.54) is 24.9 Å². The van der Waals surface area contributed by atoms with Crippen LogP contribution in [-0.2, 0) is 6.54 Å². The van der Waals surface area contributed by atoms with Crippen LogP contribution >= 0.6 is 0 Å². The Balaban J connectivity index is 1.65. The van der Waals surface area contributed by atoms with E-state index >= 15 is 0 Å². The standard InChI is InChI=1S/C19H23N3O/c1-2-22-15-16(14-20-22)6-11-19(23)17-7-9-18(10-8-17)21-12-4-3-5-13-21/h6-11,14-15H,2-5,12-13H2,1H3/b11-6+. The van der Waals surface area contributed by atoms with Crippen molar-refractivity contribution in [1.29, 1.82) is 0 Å². The van der Waals surface area contributed by atoms with Gasteiger partial charge in [-0.25, -0.2) is 0 Å². The van der Waals surface area contributed by atoms with E-state index in [2.05, 4.69) is 22.1 Å². The highest BCUT2D eigenvalue weighted by Gasteiger charge is 2.11. The van der Waals surface area contributed by atoms with Gasteiger partial charge in [0, 0.05) is 42.6 Å². The fourth-order valence-corrected chi connectivity index (χ4v) is 2.90. The molecule has 4 heteroatoms. The molecule has 0 unspecified atom stereocenters. The summed E-state index contributed by atoms with van der Waals surface area (Å²) in [4.78, 5) is 14.6. The second kappa shape index (κ2) is 7.27. The average Bonchev–Trinajstić information content (AvgIpc) is 3.09. The number of carbonyl (C=O) groups excluding carboxylic acids is 1. The van der Waals surface area contributed by atoms with Gasteiger partial charge in [0.1, 0.15) is 0 Å². The molecule has 1 aromatic heterocycles. The second-order valence-electron chi connectivity index (χ2n) is 5.92. The van der Waals surface area contributed by atoms with Gasteiger partial charge in [-0.1, -0.05) is 0 Å². The van der Waals surface area contributed by atoms with Gasteiger partial charge >= 0.3 is 0 Å². The minimum absolute atomic E-state index is 0.0273. The monoisotopic (exact) mass is 309 g/mol. The zero-order valence-corrected chi connectivity index (χ0v) is 13.6. The van der Waals surface area contributed by atoms with Crippen LogP contribution in [0.4, 0.5) is 5.69 Å². The van der Waals surface area contributed by atoms with E-state index in [4.69, 9.17) is 0 Å². The third kappa shape index (κ3) is 3.89. The maximum atomic E-state index is 12.3. The Kier molecular flexibility index (Phi) is 4.91. The molecule has 2 heterocycles. The van der Waals surface area contributed by atoms with Crippen molar-refractivity contribution >= 4 is 17.5 Å². The van der Waals surface area contributed by atoms with Crippen LogP contribution in [0.2, 0.25) is 0 Å². The molecule has 1 aliphatic rings. The number of hydrogen-bond donors (Lipinski definition) is 0. The summed E-state index contributed by atoms with van der Waals surface area (Å²) in [7, 11) is 0. The molecule has 0 N–H and O–H groups in total. The summed E-state index contributed by atoms with van der Waals surface area (Å²) in [6, 6.07) is 7.96. The first kappa shape index (κ1) is 15.5. The maximum absolute atomic E-state index is 12.3. The van der Waals surface area contributed by atoms with Crippen LogP contribution in [0.5, 0.6) is 0 Å². The number of carbonyl (C=O) groups is 1. The molecule has 2 aromatic rings. The van der Waals surface area contributed by atoms with E-state index in [0.717, 1.165) is 30.8 Å². The molecule has 0 aliphatic carbocycles. The van der Waals surface area contributed by atoms with Crippen molar-refractivity contribution in [3.05, 3.63) is 53.9 Å². The van der Waals surface area contributed by atoms with Crippen molar-refractivity contribution in [2.45, 2.75) is 32.7 Å². The minimum atomic E-state index is 0.0273. The molecule has 1 fully saturated rings. The van der Waals surface area contributed by atoms with Crippen molar-refractivity contribution in [2.75, 3.05) is 18.0 Å². The number of ketones is 1. The lowest BCUT2D eigenvalue weighted by atomic mass is 10.1. The van der Waals surface area contributed by atoms with Gasteiger partial charge in [0.2, 0.25) is 0 Å². The van der Waals surface area contributed by atoms with E-state index in [1.54, 1.807) is 12.3 Å². The molecule has 1 saturated heterocycles. The van der Waals surface area contributed by atoms with Gasteiger partial charge in [0.25, 0.3) is 0 Å². The molecule has 4 nitrogen and oxygen atoms in total. The summed E-state index contributed by atoms with van der Waals surface area (Å²) < 4.78 is 1.84. The highest BCUT2D eigenvalue weighted by molar-refractivity contribution is 6.06. The number of allylic oxidation sites excluding steroid dienone is 1. The van der Waals surface area contributed by atoms with Crippen LogP contribution in [0.25, 0.3) is 6.08 Å². The Morgan fingerprint density at radius 2 is 1.91 bits per heavy atom. The number of benzene rings is 1. The van der Waals surface area contributed by atoms with Crippen LogP contribution < -0.4 is 4.90 Å². The van der Waals surface area contributed by atoms with Gasteiger partial charge < -0.3 is 4.90 Å². The van der Waals surface area contributed by atoms with Crippen molar-refractivity contribution in [3.8, 4) is 0 Å². The number of aromatic nitrogens is 2. The summed E-state index contributed by atoms with van der Waals surface area (Å²) in [6.45, 7) is 5.11. The van der Waals surface area contributed by atoms with Crippen molar-refractivity contribution in [2.24, 2.45) is 0 Å². The summed E-state index contributed by atoms with van der Waals surface area (Å²) in [5, 5.41) is 4.20. The number of aryl methyl sites for hydroxylation is 1. The van der Waals surface area contributed by atoms with Crippen LogP contribution in [-0.4, -0.2) is 28.7 Å². The minimum Gasteiger partial charge on any atom is -0.372 e. The van der Waals surface area contributed by atoms with Gasteiger partial charge in [0.15, 0.2) is 5.78 Å². The molecule has 1 aromatic carbocycles. The number of hydrogen-bond acceptors (Lipinski definition) is 3. The van der Waals surface area contributed by atoms with E-state index in [9.17, 15) is 4.79 Å². The smallest absolute Gasteiger partial charge is 0.185 e. The van der Waals surface area contributed by atoms with Crippen LogP contribution in [0.15, 0.2) is 42.7 Å². The third-order valence-electron chi connectivity index (χ3n) is 4.28. The molecular formula is C19H23N3O. The van der Waals surface area contributed by atoms with E-state index in [-0.39, 0.29) is 5.78 Å². The average molecular weight is 309 g/mol. The highest BCUT2D eigenvalue weighted by atomic mass is 16.1. The largest absolute Gasteiger partial charge is 0.372 e. The Bertz CT molecular complexity index is 679. The quantitative estimate of drug-likeness (QED) is 0.623. The Labute approximate surface area is 137 Å². The Morgan fingerprint density at radius 1 is 1.17 bits per heavy atom. The molecule has 0 saturated carbocycles. The molecule has 120 valence electrons.